The molecule has 0 spiro atoms. The van der Waals surface area contributed by atoms with Gasteiger partial charge in [0.1, 0.15) is 0 Å². The number of hydrogen-bond acceptors (Lipinski definition) is 5. The number of rotatable bonds is 4. The van der Waals surface area contributed by atoms with Crippen LogP contribution in [0.1, 0.15) is 16.1 Å². The summed E-state index contributed by atoms with van der Waals surface area (Å²) >= 11 is 1.46. The van der Waals surface area contributed by atoms with Crippen LogP contribution in [0.25, 0.3) is 10.6 Å². The average molecular weight is 420 g/mol. The highest BCUT2D eigenvalue weighted by Crippen LogP contribution is 2.15. The summed E-state index contributed by atoms with van der Waals surface area (Å²) in [6.45, 7) is 3.48. The van der Waals surface area contributed by atoms with Crippen molar-refractivity contribution in [2.24, 2.45) is 0 Å². The fraction of sp³-hybridized carbons (Fsp3) is 0.227. The zero-order chi connectivity index (χ0) is 20.5. The van der Waals surface area contributed by atoms with Gasteiger partial charge in [-0.1, -0.05) is 0 Å². The summed E-state index contributed by atoms with van der Waals surface area (Å²) < 4.78 is 3.58. The van der Waals surface area contributed by atoms with E-state index in [1.54, 1.807) is 16.7 Å². The maximum atomic E-state index is 12.9. The highest BCUT2D eigenvalue weighted by atomic mass is 32.1. The summed E-state index contributed by atoms with van der Waals surface area (Å²) in [7, 11) is 0. The van der Waals surface area contributed by atoms with Gasteiger partial charge in [-0.15, -0.1) is 11.3 Å². The molecule has 1 aliphatic heterocycles. The number of amides is 1. The van der Waals surface area contributed by atoms with E-state index in [1.165, 1.54) is 11.3 Å². The van der Waals surface area contributed by atoms with Crippen LogP contribution in [0, 0.1) is 0 Å². The van der Waals surface area contributed by atoms with Crippen molar-refractivity contribution in [3.63, 3.8) is 0 Å². The summed E-state index contributed by atoms with van der Waals surface area (Å²) in [4.78, 5) is 34.5. The van der Waals surface area contributed by atoms with Crippen LogP contribution in [0.2, 0.25) is 0 Å². The molecule has 1 saturated heterocycles. The molecule has 0 N–H and O–H groups in total. The molecule has 7 nitrogen and oxygen atoms in total. The van der Waals surface area contributed by atoms with Crippen molar-refractivity contribution < 1.29 is 4.79 Å². The second-order valence-electron chi connectivity index (χ2n) is 7.35. The van der Waals surface area contributed by atoms with Crippen molar-refractivity contribution in [2.45, 2.75) is 6.54 Å². The van der Waals surface area contributed by atoms with E-state index in [0.29, 0.717) is 25.2 Å². The Balaban J connectivity index is 1.21. The van der Waals surface area contributed by atoms with Gasteiger partial charge in [0.2, 0.25) is 0 Å². The third kappa shape index (κ3) is 3.67. The Kier molecular flexibility index (Phi) is 4.94. The molecule has 4 aromatic rings. The maximum Gasteiger partial charge on any atom is 0.258 e. The zero-order valence-electron chi connectivity index (χ0n) is 16.3. The van der Waals surface area contributed by atoms with E-state index in [4.69, 9.17) is 0 Å². The van der Waals surface area contributed by atoms with Crippen molar-refractivity contribution in [2.75, 3.05) is 26.2 Å². The molecule has 4 heterocycles. The molecule has 0 bridgehead atoms. The molecule has 3 aromatic heterocycles. The number of nitrogens with zero attached hydrogens (tertiary/aromatic N) is 5. The fourth-order valence-electron chi connectivity index (χ4n) is 3.77. The van der Waals surface area contributed by atoms with E-state index in [0.717, 1.165) is 29.4 Å². The van der Waals surface area contributed by atoms with Crippen LogP contribution in [-0.4, -0.2) is 55.8 Å². The monoisotopic (exact) mass is 419 g/mol. The second-order valence-corrected chi connectivity index (χ2v) is 8.22. The third-order valence-corrected chi connectivity index (χ3v) is 6.17. The van der Waals surface area contributed by atoms with Gasteiger partial charge in [0.15, 0.2) is 4.96 Å². The number of fused-ring (bicyclic) bond motifs is 1. The summed E-state index contributed by atoms with van der Waals surface area (Å²) in [6, 6.07) is 13.3. The number of thiazole rings is 1. The largest absolute Gasteiger partial charge is 0.336 e. The molecule has 1 aromatic carbocycles. The molecule has 0 unspecified atom stereocenters. The van der Waals surface area contributed by atoms with Crippen LogP contribution >= 0.6 is 11.3 Å². The summed E-state index contributed by atoms with van der Waals surface area (Å²) in [5.74, 6) is 0.0603. The van der Waals surface area contributed by atoms with Crippen LogP contribution in [-0.2, 0) is 6.54 Å². The zero-order valence-corrected chi connectivity index (χ0v) is 17.2. The Labute approximate surface area is 177 Å². The van der Waals surface area contributed by atoms with E-state index in [1.807, 2.05) is 63.6 Å². The van der Waals surface area contributed by atoms with Crippen molar-refractivity contribution in [3.8, 4) is 5.69 Å². The van der Waals surface area contributed by atoms with E-state index >= 15 is 0 Å². The number of piperazine rings is 1. The first-order chi connectivity index (χ1) is 14.7. The van der Waals surface area contributed by atoms with Crippen molar-refractivity contribution in [1.82, 2.24) is 23.8 Å². The molecule has 1 aliphatic rings. The highest BCUT2D eigenvalue weighted by Gasteiger charge is 2.22. The number of benzene rings is 1. The molecule has 0 radical (unpaired) electrons. The van der Waals surface area contributed by atoms with E-state index in [9.17, 15) is 9.59 Å². The molecule has 152 valence electrons. The molecule has 0 saturated carbocycles. The minimum absolute atomic E-state index is 0.0478. The standard InChI is InChI=1S/C22H21N5O2S/c28-20-15-18(23-22-27(20)13-14-30-22)16-24-9-11-26(12-10-24)21(29)17-3-5-19(6-4-17)25-7-1-2-8-25/h1-8,13-15H,9-12,16H2. The minimum Gasteiger partial charge on any atom is -0.336 e. The maximum absolute atomic E-state index is 12.9. The number of carbonyl (C=O) groups is 1. The summed E-state index contributed by atoms with van der Waals surface area (Å²) in [5, 5.41) is 1.86. The van der Waals surface area contributed by atoms with E-state index < -0.39 is 0 Å². The Bertz CT molecular complexity index is 1220. The van der Waals surface area contributed by atoms with E-state index in [-0.39, 0.29) is 11.5 Å². The SMILES string of the molecule is O=C(c1ccc(-n2cccc2)cc1)N1CCN(Cc2cc(=O)n3ccsc3n2)CC1. The fourth-order valence-corrected chi connectivity index (χ4v) is 4.51. The predicted octanol–water partition coefficient (Wildman–Crippen LogP) is 2.50. The molecule has 0 aliphatic carbocycles. The van der Waals surface area contributed by atoms with Crippen molar-refractivity contribution >= 4 is 22.2 Å². The molecule has 1 fully saturated rings. The van der Waals surface area contributed by atoms with Crippen LogP contribution < -0.4 is 5.56 Å². The average Bonchev–Trinajstić information content (AvgIpc) is 3.46. The molecular weight excluding hydrogens is 398 g/mol. The Morgan fingerprint density at radius 2 is 1.73 bits per heavy atom. The van der Waals surface area contributed by atoms with Gasteiger partial charge in [-0.2, -0.15) is 0 Å². The van der Waals surface area contributed by atoms with Crippen LogP contribution in [0.15, 0.2) is 71.2 Å². The van der Waals surface area contributed by atoms with Gasteiger partial charge in [0.25, 0.3) is 11.5 Å². The van der Waals surface area contributed by atoms with Gasteiger partial charge in [0.05, 0.1) is 5.69 Å². The van der Waals surface area contributed by atoms with Gasteiger partial charge in [0, 0.05) is 74.0 Å². The lowest BCUT2D eigenvalue weighted by atomic mass is 10.1. The first-order valence-corrected chi connectivity index (χ1v) is 10.8. The van der Waals surface area contributed by atoms with Crippen LogP contribution in [0.5, 0.6) is 0 Å². The molecule has 8 heteroatoms. The molecule has 30 heavy (non-hydrogen) atoms. The van der Waals surface area contributed by atoms with Gasteiger partial charge in [-0.05, 0) is 36.4 Å². The number of aromatic nitrogens is 3. The first-order valence-electron chi connectivity index (χ1n) is 9.88. The normalized spacial score (nSPS) is 15.0. The minimum atomic E-state index is -0.0478. The number of hydrogen-bond donors (Lipinski definition) is 0. The lowest BCUT2D eigenvalue weighted by molar-refractivity contribution is 0.0627. The Hall–Kier alpha value is -3.23. The highest BCUT2D eigenvalue weighted by molar-refractivity contribution is 7.15. The lowest BCUT2D eigenvalue weighted by Gasteiger charge is -2.34. The molecule has 1 amide bonds. The summed E-state index contributed by atoms with van der Waals surface area (Å²) in [6.07, 6.45) is 5.71. The van der Waals surface area contributed by atoms with Gasteiger partial charge >= 0.3 is 0 Å². The van der Waals surface area contributed by atoms with E-state index in [2.05, 4.69) is 9.88 Å². The first kappa shape index (κ1) is 18.8. The van der Waals surface area contributed by atoms with Gasteiger partial charge in [-0.3, -0.25) is 18.9 Å². The smallest absolute Gasteiger partial charge is 0.258 e. The molecule has 5 rings (SSSR count). The van der Waals surface area contributed by atoms with Crippen molar-refractivity contribution in [3.05, 3.63) is 88.0 Å². The number of carbonyl (C=O) groups excluding carboxylic acids is 1. The lowest BCUT2D eigenvalue weighted by Crippen LogP contribution is -2.48. The predicted molar refractivity (Wildman–Crippen MR) is 116 cm³/mol. The Morgan fingerprint density at radius 1 is 1.00 bits per heavy atom. The second kappa shape index (κ2) is 7.89. The van der Waals surface area contributed by atoms with Gasteiger partial charge < -0.3 is 9.47 Å². The molecular formula is C22H21N5O2S. The summed E-state index contributed by atoms with van der Waals surface area (Å²) in [5.41, 5.74) is 2.47. The van der Waals surface area contributed by atoms with Crippen LogP contribution in [0.4, 0.5) is 0 Å². The van der Waals surface area contributed by atoms with Gasteiger partial charge in [-0.25, -0.2) is 4.98 Å². The quantitative estimate of drug-likeness (QED) is 0.510. The topological polar surface area (TPSA) is 62.9 Å². The van der Waals surface area contributed by atoms with Crippen molar-refractivity contribution in [1.29, 1.82) is 0 Å². The van der Waals surface area contributed by atoms with Crippen LogP contribution in [0.3, 0.4) is 0 Å². The molecule has 0 atom stereocenters. The third-order valence-electron chi connectivity index (χ3n) is 5.42. The Morgan fingerprint density at radius 3 is 2.47 bits per heavy atom.